The molecule has 1 aliphatic rings. The minimum Gasteiger partial charge on any atom is -0.368 e. The molecule has 1 N–H and O–H groups in total. The van der Waals surface area contributed by atoms with Gasteiger partial charge in [-0.2, -0.15) is 0 Å². The molecule has 1 saturated heterocycles. The zero-order chi connectivity index (χ0) is 23.2. The van der Waals surface area contributed by atoms with Crippen LogP contribution in [0.1, 0.15) is 24.1 Å². The molecule has 2 heterocycles. The van der Waals surface area contributed by atoms with Crippen LogP contribution in [0.3, 0.4) is 0 Å². The van der Waals surface area contributed by atoms with E-state index in [1.807, 2.05) is 43.5 Å². The first-order valence-electron chi connectivity index (χ1n) is 10.9. The number of carbonyl (C=O) groups is 1. The fourth-order valence-corrected chi connectivity index (χ4v) is 3.88. The number of nitrogens with zero attached hydrogens (tertiary/aromatic N) is 3. The SMILES string of the molecule is CC(NC(=O)C=Cc1cccc(F)c1F)c1cccc(N2CCN(c3ccccn3)CC2)c1. The topological polar surface area (TPSA) is 48.5 Å². The molecule has 1 aromatic heterocycles. The predicted molar refractivity (Wildman–Crippen MR) is 127 cm³/mol. The van der Waals surface area contributed by atoms with Gasteiger partial charge < -0.3 is 15.1 Å². The molecule has 1 amide bonds. The Morgan fingerprint density at radius 1 is 1.00 bits per heavy atom. The summed E-state index contributed by atoms with van der Waals surface area (Å²) >= 11 is 0. The molecule has 1 atom stereocenters. The highest BCUT2D eigenvalue weighted by molar-refractivity contribution is 5.92. The molecule has 4 rings (SSSR count). The van der Waals surface area contributed by atoms with Crippen molar-refractivity contribution >= 4 is 23.5 Å². The highest BCUT2D eigenvalue weighted by atomic mass is 19.2. The number of carbonyl (C=O) groups excluding carboxylic acids is 1. The molecule has 3 aromatic rings. The van der Waals surface area contributed by atoms with Crippen molar-refractivity contribution in [2.45, 2.75) is 13.0 Å². The standard InChI is InChI=1S/C26H26F2N4O/c1-19(30-25(33)12-11-20-6-5-9-23(27)26(20)28)21-7-4-8-22(18-21)31-14-16-32(17-15-31)24-10-2-3-13-29-24/h2-13,18-19H,14-17H2,1H3,(H,30,33). The first kappa shape index (κ1) is 22.5. The monoisotopic (exact) mass is 448 g/mol. The van der Waals surface area contributed by atoms with Crippen LogP contribution in [-0.2, 0) is 4.79 Å². The number of rotatable bonds is 6. The van der Waals surface area contributed by atoms with E-state index in [1.165, 1.54) is 24.3 Å². The summed E-state index contributed by atoms with van der Waals surface area (Å²) in [4.78, 5) is 21.3. The number of benzene rings is 2. The molecule has 5 nitrogen and oxygen atoms in total. The largest absolute Gasteiger partial charge is 0.368 e. The summed E-state index contributed by atoms with van der Waals surface area (Å²) in [5.41, 5.74) is 2.11. The Labute approximate surface area is 192 Å². The summed E-state index contributed by atoms with van der Waals surface area (Å²) in [6.45, 7) is 5.42. The Hall–Kier alpha value is -3.74. The van der Waals surface area contributed by atoms with Crippen LogP contribution in [0.15, 0.2) is 72.9 Å². The van der Waals surface area contributed by atoms with Crippen LogP contribution < -0.4 is 15.1 Å². The van der Waals surface area contributed by atoms with Gasteiger partial charge in [0.05, 0.1) is 6.04 Å². The van der Waals surface area contributed by atoms with Gasteiger partial charge in [0.1, 0.15) is 5.82 Å². The normalized spacial score (nSPS) is 15.0. The molecule has 0 aliphatic carbocycles. The maximum Gasteiger partial charge on any atom is 0.244 e. The summed E-state index contributed by atoms with van der Waals surface area (Å²) in [5, 5.41) is 2.88. The second kappa shape index (κ2) is 10.3. The third-order valence-corrected chi connectivity index (χ3v) is 5.74. The van der Waals surface area contributed by atoms with Crippen molar-refractivity contribution in [3.8, 4) is 0 Å². The summed E-state index contributed by atoms with van der Waals surface area (Å²) in [6.07, 6.45) is 4.30. The van der Waals surface area contributed by atoms with Gasteiger partial charge in [-0.3, -0.25) is 4.79 Å². The van der Waals surface area contributed by atoms with Gasteiger partial charge >= 0.3 is 0 Å². The van der Waals surface area contributed by atoms with E-state index in [0.29, 0.717) is 0 Å². The fourth-order valence-electron chi connectivity index (χ4n) is 3.88. The van der Waals surface area contributed by atoms with Gasteiger partial charge in [-0.1, -0.05) is 30.3 Å². The number of aromatic nitrogens is 1. The van der Waals surface area contributed by atoms with Crippen LogP contribution >= 0.6 is 0 Å². The van der Waals surface area contributed by atoms with E-state index in [1.54, 1.807) is 0 Å². The fraction of sp³-hybridized carbons (Fsp3) is 0.231. The predicted octanol–water partition coefficient (Wildman–Crippen LogP) is 4.58. The minimum atomic E-state index is -0.967. The quantitative estimate of drug-likeness (QED) is 0.561. The van der Waals surface area contributed by atoms with Crippen molar-refractivity contribution in [3.63, 3.8) is 0 Å². The number of anilines is 2. The number of piperazine rings is 1. The van der Waals surface area contributed by atoms with Gasteiger partial charge in [-0.05, 0) is 48.9 Å². The van der Waals surface area contributed by atoms with E-state index in [4.69, 9.17) is 0 Å². The molecular formula is C26H26F2N4O. The molecule has 1 aliphatic heterocycles. The molecule has 0 radical (unpaired) electrons. The Bertz CT molecular complexity index is 1130. The Morgan fingerprint density at radius 2 is 1.76 bits per heavy atom. The van der Waals surface area contributed by atoms with E-state index >= 15 is 0 Å². The zero-order valence-corrected chi connectivity index (χ0v) is 18.4. The highest BCUT2D eigenvalue weighted by Crippen LogP contribution is 2.23. The molecule has 0 saturated carbocycles. The van der Waals surface area contributed by atoms with Gasteiger partial charge in [0, 0.05) is 49.7 Å². The van der Waals surface area contributed by atoms with Crippen LogP contribution in [0.5, 0.6) is 0 Å². The number of amides is 1. The summed E-state index contributed by atoms with van der Waals surface area (Å²) in [6, 6.07) is 17.7. The number of halogens is 2. The zero-order valence-electron chi connectivity index (χ0n) is 18.4. The number of hydrogen-bond acceptors (Lipinski definition) is 4. The molecule has 1 unspecified atom stereocenters. The van der Waals surface area contributed by atoms with Crippen LogP contribution in [0.4, 0.5) is 20.3 Å². The molecule has 170 valence electrons. The van der Waals surface area contributed by atoms with Crippen molar-refractivity contribution in [3.05, 3.63) is 95.7 Å². The van der Waals surface area contributed by atoms with Gasteiger partial charge in [0.15, 0.2) is 11.6 Å². The Kier molecular flexibility index (Phi) is 6.98. The third-order valence-electron chi connectivity index (χ3n) is 5.74. The first-order valence-corrected chi connectivity index (χ1v) is 10.9. The summed E-state index contributed by atoms with van der Waals surface area (Å²) in [5.74, 6) is -1.29. The van der Waals surface area contributed by atoms with Crippen molar-refractivity contribution < 1.29 is 13.6 Å². The summed E-state index contributed by atoms with van der Waals surface area (Å²) < 4.78 is 27.1. The van der Waals surface area contributed by atoms with Crippen molar-refractivity contribution in [1.82, 2.24) is 10.3 Å². The lowest BCUT2D eigenvalue weighted by Crippen LogP contribution is -2.46. The Morgan fingerprint density at radius 3 is 2.52 bits per heavy atom. The van der Waals surface area contributed by atoms with Crippen LogP contribution in [0, 0.1) is 11.6 Å². The average molecular weight is 449 g/mol. The summed E-state index contributed by atoms with van der Waals surface area (Å²) in [7, 11) is 0. The van der Waals surface area contributed by atoms with Crippen molar-refractivity contribution in [2.75, 3.05) is 36.0 Å². The second-order valence-corrected chi connectivity index (χ2v) is 7.96. The smallest absolute Gasteiger partial charge is 0.244 e. The molecule has 0 bridgehead atoms. The van der Waals surface area contributed by atoms with E-state index in [-0.39, 0.29) is 17.5 Å². The lowest BCUT2D eigenvalue weighted by atomic mass is 10.1. The van der Waals surface area contributed by atoms with E-state index < -0.39 is 11.6 Å². The van der Waals surface area contributed by atoms with Crippen LogP contribution in [0.2, 0.25) is 0 Å². The molecule has 0 spiro atoms. The molecule has 1 fully saturated rings. The van der Waals surface area contributed by atoms with Crippen LogP contribution in [-0.4, -0.2) is 37.1 Å². The van der Waals surface area contributed by atoms with E-state index in [2.05, 4.69) is 32.2 Å². The first-order chi connectivity index (χ1) is 16.0. The van der Waals surface area contributed by atoms with Crippen LogP contribution in [0.25, 0.3) is 6.08 Å². The van der Waals surface area contributed by atoms with Gasteiger partial charge in [-0.25, -0.2) is 13.8 Å². The van der Waals surface area contributed by atoms with Gasteiger partial charge in [-0.15, -0.1) is 0 Å². The maximum absolute atomic E-state index is 13.8. The van der Waals surface area contributed by atoms with Crippen molar-refractivity contribution in [1.29, 1.82) is 0 Å². The molecule has 2 aromatic carbocycles. The molecule has 33 heavy (non-hydrogen) atoms. The lowest BCUT2D eigenvalue weighted by Gasteiger charge is -2.37. The van der Waals surface area contributed by atoms with Gasteiger partial charge in [0.2, 0.25) is 5.91 Å². The minimum absolute atomic E-state index is 0.0321. The Balaban J connectivity index is 1.36. The maximum atomic E-state index is 13.8. The highest BCUT2D eigenvalue weighted by Gasteiger charge is 2.19. The number of hydrogen-bond donors (Lipinski definition) is 1. The number of nitrogens with one attached hydrogen (secondary N) is 1. The van der Waals surface area contributed by atoms with Crippen molar-refractivity contribution in [2.24, 2.45) is 0 Å². The van der Waals surface area contributed by atoms with E-state index in [0.717, 1.165) is 49.3 Å². The number of pyridine rings is 1. The molecule has 7 heteroatoms. The second-order valence-electron chi connectivity index (χ2n) is 7.96. The van der Waals surface area contributed by atoms with Gasteiger partial charge in [0.25, 0.3) is 0 Å². The average Bonchev–Trinajstić information content (AvgIpc) is 2.85. The lowest BCUT2D eigenvalue weighted by molar-refractivity contribution is -0.117. The molecular weight excluding hydrogens is 422 g/mol. The van der Waals surface area contributed by atoms with E-state index in [9.17, 15) is 13.6 Å². The third kappa shape index (κ3) is 5.55.